The summed E-state index contributed by atoms with van der Waals surface area (Å²) in [6, 6.07) is 7.41. The molecule has 2 rings (SSSR count). The molecule has 20 heavy (non-hydrogen) atoms. The average molecular weight is 272 g/mol. The predicted molar refractivity (Wildman–Crippen MR) is 73.7 cm³/mol. The van der Waals surface area contributed by atoms with E-state index in [1.165, 1.54) is 18.2 Å². The zero-order valence-electron chi connectivity index (χ0n) is 10.9. The van der Waals surface area contributed by atoms with Crippen molar-refractivity contribution in [3.8, 4) is 11.8 Å². The van der Waals surface area contributed by atoms with Gasteiger partial charge in [0.2, 0.25) is 0 Å². The Morgan fingerprint density at radius 2 is 2.20 bits per heavy atom. The molecule has 1 amide bonds. The summed E-state index contributed by atoms with van der Waals surface area (Å²) in [5.74, 6) is 5.15. The maximum Gasteiger partial charge on any atom is 0.291 e. The largest absolute Gasteiger partial charge is 0.456 e. The Kier molecular flexibility index (Phi) is 4.18. The van der Waals surface area contributed by atoms with E-state index in [-0.39, 0.29) is 17.9 Å². The predicted octanol–water partition coefficient (Wildman–Crippen LogP) is 2.29. The molecule has 102 valence electrons. The molecule has 0 unspecified atom stereocenters. The first kappa shape index (κ1) is 13.8. The molecule has 0 fully saturated rings. The maximum atomic E-state index is 13.5. The number of furan rings is 1. The fourth-order valence-electron chi connectivity index (χ4n) is 1.59. The molecule has 0 aliphatic heterocycles. The Labute approximate surface area is 115 Å². The van der Waals surface area contributed by atoms with E-state index < -0.39 is 11.7 Å². The van der Waals surface area contributed by atoms with Crippen molar-refractivity contribution in [2.24, 2.45) is 5.73 Å². The Morgan fingerprint density at radius 3 is 2.85 bits per heavy atom. The van der Waals surface area contributed by atoms with Gasteiger partial charge in [-0.05, 0) is 37.3 Å². The van der Waals surface area contributed by atoms with Gasteiger partial charge in [0, 0.05) is 5.69 Å². The molecule has 0 bridgehead atoms. The number of carbonyl (C=O) groups excluding carboxylic acids is 1. The van der Waals surface area contributed by atoms with E-state index in [0.717, 1.165) is 0 Å². The lowest BCUT2D eigenvalue weighted by Gasteiger charge is -2.04. The van der Waals surface area contributed by atoms with Crippen molar-refractivity contribution in [3.05, 3.63) is 53.2 Å². The number of anilines is 1. The molecule has 2 aromatic rings. The number of carbonyl (C=O) groups is 1. The van der Waals surface area contributed by atoms with Gasteiger partial charge in [-0.15, -0.1) is 0 Å². The number of aryl methyl sites for hydroxylation is 1. The molecule has 4 nitrogen and oxygen atoms in total. The fraction of sp³-hybridized carbons (Fsp3) is 0.133. The molecule has 0 radical (unpaired) electrons. The second kappa shape index (κ2) is 6.04. The summed E-state index contributed by atoms with van der Waals surface area (Å²) in [6.07, 6.45) is 0. The van der Waals surface area contributed by atoms with Crippen LogP contribution in [-0.2, 0) is 0 Å². The number of hydrogen-bond acceptors (Lipinski definition) is 3. The monoisotopic (exact) mass is 272 g/mol. The molecule has 1 aromatic carbocycles. The van der Waals surface area contributed by atoms with Crippen molar-refractivity contribution in [2.45, 2.75) is 6.92 Å². The van der Waals surface area contributed by atoms with Crippen molar-refractivity contribution in [3.63, 3.8) is 0 Å². The Hall–Kier alpha value is -2.58. The Morgan fingerprint density at radius 1 is 1.40 bits per heavy atom. The van der Waals surface area contributed by atoms with Gasteiger partial charge in [-0.2, -0.15) is 0 Å². The second-order valence-electron chi connectivity index (χ2n) is 4.06. The van der Waals surface area contributed by atoms with Crippen LogP contribution in [0.4, 0.5) is 10.1 Å². The summed E-state index contributed by atoms with van der Waals surface area (Å²) in [6.45, 7) is 1.89. The zero-order valence-corrected chi connectivity index (χ0v) is 10.9. The van der Waals surface area contributed by atoms with E-state index in [9.17, 15) is 9.18 Å². The molecule has 0 aliphatic rings. The summed E-state index contributed by atoms with van der Waals surface area (Å²) in [5.41, 5.74) is 5.87. The van der Waals surface area contributed by atoms with E-state index in [2.05, 4.69) is 17.2 Å². The molecule has 1 heterocycles. The average Bonchev–Trinajstić information content (AvgIpc) is 2.86. The summed E-state index contributed by atoms with van der Waals surface area (Å²) in [5, 5.41) is 2.62. The van der Waals surface area contributed by atoms with Crippen LogP contribution < -0.4 is 11.1 Å². The molecule has 0 saturated carbocycles. The van der Waals surface area contributed by atoms with Crippen molar-refractivity contribution >= 4 is 11.6 Å². The lowest BCUT2D eigenvalue weighted by molar-refractivity contribution is 0.0995. The van der Waals surface area contributed by atoms with Gasteiger partial charge in [0.25, 0.3) is 5.91 Å². The topological polar surface area (TPSA) is 68.3 Å². The number of halogens is 1. The van der Waals surface area contributed by atoms with Crippen LogP contribution in [0.1, 0.15) is 21.9 Å². The number of rotatable bonds is 2. The number of benzene rings is 1. The first-order valence-electron chi connectivity index (χ1n) is 5.96. The smallest absolute Gasteiger partial charge is 0.291 e. The maximum absolute atomic E-state index is 13.5. The number of amides is 1. The third-order valence-corrected chi connectivity index (χ3v) is 2.51. The summed E-state index contributed by atoms with van der Waals surface area (Å²) in [4.78, 5) is 11.9. The van der Waals surface area contributed by atoms with Gasteiger partial charge in [0.1, 0.15) is 11.6 Å². The van der Waals surface area contributed by atoms with Crippen molar-refractivity contribution in [1.29, 1.82) is 0 Å². The van der Waals surface area contributed by atoms with Crippen LogP contribution in [0.3, 0.4) is 0 Å². The number of hydrogen-bond donors (Lipinski definition) is 2. The third-order valence-electron chi connectivity index (χ3n) is 2.51. The lowest BCUT2D eigenvalue weighted by atomic mass is 10.2. The van der Waals surface area contributed by atoms with Gasteiger partial charge in [-0.3, -0.25) is 4.79 Å². The van der Waals surface area contributed by atoms with Crippen molar-refractivity contribution < 1.29 is 13.6 Å². The molecule has 3 N–H and O–H groups in total. The molecule has 1 aromatic heterocycles. The summed E-state index contributed by atoms with van der Waals surface area (Å²) >= 11 is 0. The normalized spacial score (nSPS) is 9.75. The highest BCUT2D eigenvalue weighted by Crippen LogP contribution is 2.16. The lowest BCUT2D eigenvalue weighted by Crippen LogP contribution is -2.11. The molecule has 0 atom stereocenters. The Bertz CT molecular complexity index is 695. The minimum absolute atomic E-state index is 0.141. The zero-order chi connectivity index (χ0) is 14.5. The number of nitrogens with one attached hydrogen (secondary N) is 1. The van der Waals surface area contributed by atoms with E-state index in [0.29, 0.717) is 11.4 Å². The van der Waals surface area contributed by atoms with Gasteiger partial charge in [0.05, 0.1) is 12.1 Å². The standard InChI is InChI=1S/C15H13FN2O2/c1-10-4-7-14(20-10)15(19)18-12-5-6-13(16)11(9-12)3-2-8-17/h4-7,9H,8,17H2,1H3,(H,18,19). The molecule has 0 saturated heterocycles. The van der Waals surface area contributed by atoms with E-state index in [1.807, 2.05) is 0 Å². The highest BCUT2D eigenvalue weighted by atomic mass is 19.1. The SMILES string of the molecule is Cc1ccc(C(=O)Nc2ccc(F)c(C#CCN)c2)o1. The van der Waals surface area contributed by atoms with Crippen LogP contribution in [0.2, 0.25) is 0 Å². The van der Waals surface area contributed by atoms with Gasteiger partial charge >= 0.3 is 0 Å². The van der Waals surface area contributed by atoms with Crippen LogP contribution in [0.25, 0.3) is 0 Å². The van der Waals surface area contributed by atoms with Crippen LogP contribution in [0.15, 0.2) is 34.7 Å². The van der Waals surface area contributed by atoms with E-state index >= 15 is 0 Å². The van der Waals surface area contributed by atoms with E-state index in [4.69, 9.17) is 10.2 Å². The van der Waals surface area contributed by atoms with E-state index in [1.54, 1.807) is 19.1 Å². The molecule has 0 aliphatic carbocycles. The van der Waals surface area contributed by atoms with Crippen LogP contribution in [0.5, 0.6) is 0 Å². The van der Waals surface area contributed by atoms with Gasteiger partial charge < -0.3 is 15.5 Å². The second-order valence-corrected chi connectivity index (χ2v) is 4.06. The Balaban J connectivity index is 2.19. The first-order valence-corrected chi connectivity index (χ1v) is 5.96. The fourth-order valence-corrected chi connectivity index (χ4v) is 1.59. The number of nitrogens with two attached hydrogens (primary N) is 1. The van der Waals surface area contributed by atoms with Crippen LogP contribution >= 0.6 is 0 Å². The van der Waals surface area contributed by atoms with Gasteiger partial charge in [0.15, 0.2) is 5.76 Å². The minimum atomic E-state index is -0.460. The van der Waals surface area contributed by atoms with Gasteiger partial charge in [-0.25, -0.2) is 4.39 Å². The van der Waals surface area contributed by atoms with Crippen LogP contribution in [-0.4, -0.2) is 12.5 Å². The summed E-state index contributed by atoms with van der Waals surface area (Å²) < 4.78 is 18.7. The molecular weight excluding hydrogens is 259 g/mol. The quantitative estimate of drug-likeness (QED) is 0.824. The van der Waals surface area contributed by atoms with Crippen LogP contribution in [0, 0.1) is 24.6 Å². The van der Waals surface area contributed by atoms with Crippen molar-refractivity contribution in [2.75, 3.05) is 11.9 Å². The molecule has 0 spiro atoms. The highest BCUT2D eigenvalue weighted by molar-refractivity contribution is 6.02. The highest BCUT2D eigenvalue weighted by Gasteiger charge is 2.11. The molecule has 5 heteroatoms. The third kappa shape index (κ3) is 3.25. The summed E-state index contributed by atoms with van der Waals surface area (Å²) in [7, 11) is 0. The first-order chi connectivity index (χ1) is 9.60. The van der Waals surface area contributed by atoms with Crippen molar-refractivity contribution in [1.82, 2.24) is 0 Å². The van der Waals surface area contributed by atoms with Gasteiger partial charge in [-0.1, -0.05) is 11.8 Å². The minimum Gasteiger partial charge on any atom is -0.456 e. The molecular formula is C15H13FN2O2.